The van der Waals surface area contributed by atoms with Crippen LogP contribution in [0, 0.1) is 6.92 Å². The summed E-state index contributed by atoms with van der Waals surface area (Å²) in [5.41, 5.74) is 2.65. The summed E-state index contributed by atoms with van der Waals surface area (Å²) in [7, 11) is 1.56. The number of esters is 1. The number of carbonyl (C=O) groups excluding carboxylic acids is 3. The minimum absolute atomic E-state index is 0.0176. The van der Waals surface area contributed by atoms with Crippen LogP contribution in [0.15, 0.2) is 42.5 Å². The Bertz CT molecular complexity index is 878. The summed E-state index contributed by atoms with van der Waals surface area (Å²) in [5.74, 6) is -0.213. The molecule has 7 heteroatoms. The van der Waals surface area contributed by atoms with E-state index >= 15 is 0 Å². The fourth-order valence-corrected chi connectivity index (χ4v) is 2.88. The molecule has 140 valence electrons. The molecule has 0 atom stereocenters. The number of hydrogen-bond donors (Lipinski definition) is 1. The molecule has 3 amide bonds. The third-order valence-electron chi connectivity index (χ3n) is 4.30. The van der Waals surface area contributed by atoms with Crippen LogP contribution in [-0.4, -0.2) is 36.5 Å². The van der Waals surface area contributed by atoms with Gasteiger partial charge in [0.1, 0.15) is 12.4 Å². The summed E-state index contributed by atoms with van der Waals surface area (Å²) < 4.78 is 10.7. The maximum absolute atomic E-state index is 12.6. The molecule has 0 radical (unpaired) electrons. The van der Waals surface area contributed by atoms with Crippen LogP contribution < -0.4 is 10.1 Å². The first-order valence-electron chi connectivity index (χ1n) is 8.46. The zero-order valence-electron chi connectivity index (χ0n) is 15.2. The molecule has 0 unspecified atom stereocenters. The quantitative estimate of drug-likeness (QED) is 0.625. The number of ether oxygens (including phenoxy) is 2. The lowest BCUT2D eigenvalue weighted by Gasteiger charge is -2.15. The highest BCUT2D eigenvalue weighted by molar-refractivity contribution is 6.02. The predicted molar refractivity (Wildman–Crippen MR) is 97.2 cm³/mol. The van der Waals surface area contributed by atoms with Crippen molar-refractivity contribution in [2.24, 2.45) is 0 Å². The van der Waals surface area contributed by atoms with Crippen molar-refractivity contribution in [3.8, 4) is 5.75 Å². The van der Waals surface area contributed by atoms with Crippen molar-refractivity contribution in [3.05, 3.63) is 64.7 Å². The van der Waals surface area contributed by atoms with Crippen molar-refractivity contribution in [3.63, 3.8) is 0 Å². The summed E-state index contributed by atoms with van der Waals surface area (Å²) in [6.07, 6.45) is 0. The highest BCUT2D eigenvalue weighted by Crippen LogP contribution is 2.22. The number of methoxy groups -OCH3 is 1. The fraction of sp³-hybridized carbons (Fsp3) is 0.250. The molecule has 2 aromatic rings. The van der Waals surface area contributed by atoms with Crippen molar-refractivity contribution >= 4 is 17.9 Å². The van der Waals surface area contributed by atoms with Gasteiger partial charge in [0.05, 0.1) is 25.8 Å². The first kappa shape index (κ1) is 18.4. The number of hydrogen-bond acceptors (Lipinski definition) is 5. The average molecular weight is 368 g/mol. The second kappa shape index (κ2) is 7.90. The van der Waals surface area contributed by atoms with Gasteiger partial charge in [-0.25, -0.2) is 9.59 Å². The van der Waals surface area contributed by atoms with Gasteiger partial charge in [-0.2, -0.15) is 0 Å². The van der Waals surface area contributed by atoms with E-state index in [1.807, 2.05) is 25.1 Å². The molecule has 1 heterocycles. The van der Waals surface area contributed by atoms with Crippen molar-refractivity contribution in [2.45, 2.75) is 20.1 Å². The minimum Gasteiger partial charge on any atom is -0.496 e. The smallest absolute Gasteiger partial charge is 0.338 e. The van der Waals surface area contributed by atoms with E-state index in [1.165, 1.54) is 0 Å². The zero-order valence-corrected chi connectivity index (χ0v) is 15.2. The molecule has 0 aliphatic carbocycles. The van der Waals surface area contributed by atoms with Crippen LogP contribution in [0.2, 0.25) is 0 Å². The zero-order chi connectivity index (χ0) is 19.4. The maximum atomic E-state index is 12.6. The Morgan fingerprint density at radius 2 is 1.93 bits per heavy atom. The molecule has 2 aromatic carbocycles. The van der Waals surface area contributed by atoms with E-state index in [9.17, 15) is 14.4 Å². The van der Waals surface area contributed by atoms with Gasteiger partial charge in [0.25, 0.3) is 0 Å². The molecule has 1 fully saturated rings. The SMILES string of the molecule is COc1ccc(C)cc1COC(=O)c1ccccc1CN1C(=O)CNC1=O. The van der Waals surface area contributed by atoms with E-state index in [-0.39, 0.29) is 25.6 Å². The molecule has 1 N–H and O–H groups in total. The Labute approximate surface area is 156 Å². The normalized spacial score (nSPS) is 13.5. The van der Waals surface area contributed by atoms with E-state index in [0.717, 1.165) is 16.0 Å². The molecular weight excluding hydrogens is 348 g/mol. The van der Waals surface area contributed by atoms with Gasteiger partial charge in [-0.05, 0) is 30.7 Å². The van der Waals surface area contributed by atoms with Crippen LogP contribution in [0.4, 0.5) is 4.79 Å². The molecule has 1 aliphatic rings. The highest BCUT2D eigenvalue weighted by Gasteiger charge is 2.29. The Morgan fingerprint density at radius 1 is 1.15 bits per heavy atom. The third kappa shape index (κ3) is 4.08. The van der Waals surface area contributed by atoms with Crippen LogP contribution in [-0.2, 0) is 22.7 Å². The second-order valence-corrected chi connectivity index (χ2v) is 6.19. The average Bonchev–Trinajstić information content (AvgIpc) is 2.98. The number of nitrogens with one attached hydrogen (secondary N) is 1. The molecule has 1 saturated heterocycles. The number of imide groups is 1. The lowest BCUT2D eigenvalue weighted by molar-refractivity contribution is -0.125. The van der Waals surface area contributed by atoms with E-state index in [0.29, 0.717) is 16.9 Å². The standard InChI is InChI=1S/C20H20N2O5/c1-13-7-8-17(26-2)15(9-13)12-27-19(24)16-6-4-3-5-14(16)11-22-18(23)10-21-20(22)25/h3-9H,10-12H2,1-2H3,(H,21,25). The van der Waals surface area contributed by atoms with Crippen LogP contribution in [0.5, 0.6) is 5.75 Å². The Balaban J connectivity index is 1.75. The number of benzene rings is 2. The van der Waals surface area contributed by atoms with Crippen molar-refractivity contribution in [1.82, 2.24) is 10.2 Å². The molecule has 1 aliphatic heterocycles. The first-order valence-corrected chi connectivity index (χ1v) is 8.46. The molecule has 0 bridgehead atoms. The summed E-state index contributed by atoms with van der Waals surface area (Å²) in [6.45, 7) is 1.99. The third-order valence-corrected chi connectivity index (χ3v) is 4.30. The summed E-state index contributed by atoms with van der Waals surface area (Å²) in [5, 5.41) is 2.46. The monoisotopic (exact) mass is 368 g/mol. The van der Waals surface area contributed by atoms with Gasteiger partial charge in [0.15, 0.2) is 0 Å². The van der Waals surface area contributed by atoms with Gasteiger partial charge in [-0.1, -0.05) is 29.8 Å². The molecule has 0 saturated carbocycles. The Kier molecular flexibility index (Phi) is 5.40. The van der Waals surface area contributed by atoms with Crippen molar-refractivity contribution < 1.29 is 23.9 Å². The topological polar surface area (TPSA) is 84.9 Å². The largest absolute Gasteiger partial charge is 0.496 e. The van der Waals surface area contributed by atoms with Gasteiger partial charge in [-0.15, -0.1) is 0 Å². The van der Waals surface area contributed by atoms with Crippen LogP contribution in [0.3, 0.4) is 0 Å². The van der Waals surface area contributed by atoms with Crippen LogP contribution >= 0.6 is 0 Å². The van der Waals surface area contributed by atoms with Gasteiger partial charge in [0, 0.05) is 5.56 Å². The number of nitrogens with zero attached hydrogens (tertiary/aromatic N) is 1. The van der Waals surface area contributed by atoms with E-state index in [2.05, 4.69) is 5.32 Å². The van der Waals surface area contributed by atoms with E-state index in [1.54, 1.807) is 31.4 Å². The molecule has 3 rings (SSSR count). The van der Waals surface area contributed by atoms with Crippen LogP contribution in [0.1, 0.15) is 27.0 Å². The number of carbonyl (C=O) groups is 3. The summed E-state index contributed by atoms with van der Waals surface area (Å²) in [6, 6.07) is 11.9. The lowest BCUT2D eigenvalue weighted by atomic mass is 10.1. The number of rotatable bonds is 6. The predicted octanol–water partition coefficient (Wildman–Crippen LogP) is 2.41. The summed E-state index contributed by atoms with van der Waals surface area (Å²) in [4.78, 5) is 37.2. The summed E-state index contributed by atoms with van der Waals surface area (Å²) >= 11 is 0. The molecular formula is C20H20N2O5. The second-order valence-electron chi connectivity index (χ2n) is 6.19. The number of amides is 3. The lowest BCUT2D eigenvalue weighted by Crippen LogP contribution is -2.31. The minimum atomic E-state index is -0.527. The highest BCUT2D eigenvalue weighted by atomic mass is 16.5. The molecule has 27 heavy (non-hydrogen) atoms. The maximum Gasteiger partial charge on any atom is 0.338 e. The molecule has 0 spiro atoms. The van der Waals surface area contributed by atoms with Gasteiger partial charge in [-0.3, -0.25) is 9.69 Å². The Morgan fingerprint density at radius 3 is 2.63 bits per heavy atom. The van der Waals surface area contributed by atoms with Gasteiger partial charge < -0.3 is 14.8 Å². The van der Waals surface area contributed by atoms with Crippen molar-refractivity contribution in [2.75, 3.05) is 13.7 Å². The van der Waals surface area contributed by atoms with E-state index < -0.39 is 12.0 Å². The van der Waals surface area contributed by atoms with Crippen LogP contribution in [0.25, 0.3) is 0 Å². The Hall–Kier alpha value is -3.35. The van der Waals surface area contributed by atoms with Gasteiger partial charge in [0.2, 0.25) is 5.91 Å². The molecule has 7 nitrogen and oxygen atoms in total. The number of aryl methyl sites for hydroxylation is 1. The van der Waals surface area contributed by atoms with E-state index in [4.69, 9.17) is 9.47 Å². The van der Waals surface area contributed by atoms with Crippen molar-refractivity contribution in [1.29, 1.82) is 0 Å². The fourth-order valence-electron chi connectivity index (χ4n) is 2.88. The van der Waals surface area contributed by atoms with Gasteiger partial charge >= 0.3 is 12.0 Å². The molecule has 0 aromatic heterocycles. The first-order chi connectivity index (χ1) is 13.0. The number of urea groups is 1.